The molecule has 0 bridgehead atoms. The summed E-state index contributed by atoms with van der Waals surface area (Å²) in [5.74, 6) is -2.64. The minimum atomic E-state index is -5.90. The van der Waals surface area contributed by atoms with Gasteiger partial charge in [-0.3, -0.25) is 9.59 Å². The lowest BCUT2D eigenvalue weighted by atomic mass is 9.96. The molecule has 0 unspecified atom stereocenters. The van der Waals surface area contributed by atoms with Gasteiger partial charge in [-0.05, 0) is 55.0 Å². The number of hydrogen-bond donors (Lipinski definition) is 0. The smallest absolute Gasteiger partial charge is 0.465 e. The van der Waals surface area contributed by atoms with Crippen molar-refractivity contribution in [1.29, 1.82) is 0 Å². The van der Waals surface area contributed by atoms with Gasteiger partial charge in [0.25, 0.3) is 0 Å². The van der Waals surface area contributed by atoms with Gasteiger partial charge in [0.1, 0.15) is 5.82 Å². The van der Waals surface area contributed by atoms with Crippen molar-refractivity contribution in [2.45, 2.75) is 12.4 Å². The van der Waals surface area contributed by atoms with Gasteiger partial charge in [-0.1, -0.05) is 17.7 Å². The van der Waals surface area contributed by atoms with Crippen molar-refractivity contribution < 1.29 is 58.8 Å². The number of carbonyl (C=O) groups is 4. The Bertz CT molecular complexity index is 1550. The summed E-state index contributed by atoms with van der Waals surface area (Å²) in [5.41, 5.74) is -4.14. The average molecular weight is 584 g/mol. The zero-order chi connectivity index (χ0) is 30.3. The number of hydrogen-bond acceptors (Lipinski definition) is 9. The Hall–Kier alpha value is -4.59. The highest BCUT2D eigenvalue weighted by molar-refractivity contribution is 7.88. The molecule has 0 fully saturated rings. The topological polar surface area (TPSA) is 130 Å². The molecule has 3 aromatic rings. The molecule has 0 radical (unpaired) electrons. The van der Waals surface area contributed by atoms with Gasteiger partial charge in [-0.25, -0.2) is 14.0 Å². The molecule has 0 aliphatic heterocycles. The first-order valence-corrected chi connectivity index (χ1v) is 12.2. The SMILES string of the molecule is COC(=O)c1ccc(-c2cc(C)ccc2F)c(C=O)c1.COC(=O)c1ccc(OS(=O)(=O)C(F)(F)F)c(C=O)c1. The molecular formula is C26H20F4O9S. The third-order valence-electron chi connectivity index (χ3n) is 5.05. The summed E-state index contributed by atoms with van der Waals surface area (Å²) in [5, 5.41) is 0. The summed E-state index contributed by atoms with van der Waals surface area (Å²) in [6, 6.07) is 11.7. The van der Waals surface area contributed by atoms with Gasteiger partial charge in [-0.2, -0.15) is 21.6 Å². The van der Waals surface area contributed by atoms with Gasteiger partial charge in [0, 0.05) is 11.1 Å². The zero-order valence-electron chi connectivity index (χ0n) is 20.9. The third-order valence-corrected chi connectivity index (χ3v) is 6.02. The molecule has 14 heteroatoms. The van der Waals surface area contributed by atoms with E-state index in [9.17, 15) is 45.2 Å². The van der Waals surface area contributed by atoms with E-state index in [1.165, 1.54) is 25.3 Å². The molecule has 9 nitrogen and oxygen atoms in total. The Labute approximate surface area is 225 Å². The lowest BCUT2D eigenvalue weighted by Crippen LogP contribution is -2.28. The van der Waals surface area contributed by atoms with Crippen LogP contribution in [0.15, 0.2) is 54.6 Å². The Morgan fingerprint density at radius 3 is 1.80 bits per heavy atom. The Balaban J connectivity index is 0.000000280. The van der Waals surface area contributed by atoms with E-state index < -0.39 is 44.7 Å². The molecule has 3 rings (SSSR count). The Morgan fingerprint density at radius 2 is 1.30 bits per heavy atom. The molecule has 0 spiro atoms. The number of benzene rings is 3. The summed E-state index contributed by atoms with van der Waals surface area (Å²) >= 11 is 0. The minimum Gasteiger partial charge on any atom is -0.465 e. The highest BCUT2D eigenvalue weighted by Gasteiger charge is 2.48. The molecule has 40 heavy (non-hydrogen) atoms. The van der Waals surface area contributed by atoms with Gasteiger partial charge in [0.05, 0.1) is 30.9 Å². The first-order chi connectivity index (χ1) is 18.7. The van der Waals surface area contributed by atoms with Crippen molar-refractivity contribution in [3.8, 4) is 16.9 Å². The maximum atomic E-state index is 13.9. The molecule has 0 aromatic heterocycles. The number of esters is 2. The van der Waals surface area contributed by atoms with Crippen molar-refractivity contribution >= 4 is 34.6 Å². The second-order valence-electron chi connectivity index (χ2n) is 7.74. The van der Waals surface area contributed by atoms with E-state index in [4.69, 9.17) is 0 Å². The lowest BCUT2D eigenvalue weighted by molar-refractivity contribution is -0.0500. The van der Waals surface area contributed by atoms with Crippen LogP contribution >= 0.6 is 0 Å². The molecule has 0 saturated carbocycles. The van der Waals surface area contributed by atoms with E-state index in [0.717, 1.165) is 30.9 Å². The van der Waals surface area contributed by atoms with Crippen molar-refractivity contribution in [2.24, 2.45) is 0 Å². The van der Waals surface area contributed by atoms with Crippen LogP contribution in [0.3, 0.4) is 0 Å². The first-order valence-electron chi connectivity index (χ1n) is 10.8. The molecule has 0 aliphatic rings. The van der Waals surface area contributed by atoms with E-state index in [1.807, 2.05) is 6.92 Å². The largest absolute Gasteiger partial charge is 0.534 e. The molecule has 0 N–H and O–H groups in total. The van der Waals surface area contributed by atoms with Crippen LogP contribution in [0.4, 0.5) is 17.6 Å². The average Bonchev–Trinajstić information content (AvgIpc) is 2.92. The predicted molar refractivity (Wildman–Crippen MR) is 132 cm³/mol. The molecule has 0 amide bonds. The maximum Gasteiger partial charge on any atom is 0.534 e. The van der Waals surface area contributed by atoms with Crippen LogP contribution in [0, 0.1) is 12.7 Å². The highest BCUT2D eigenvalue weighted by atomic mass is 32.2. The number of alkyl halides is 3. The van der Waals surface area contributed by atoms with Crippen molar-refractivity contribution in [2.75, 3.05) is 14.2 Å². The maximum absolute atomic E-state index is 13.9. The lowest BCUT2D eigenvalue weighted by Gasteiger charge is -2.11. The second kappa shape index (κ2) is 13.0. The van der Waals surface area contributed by atoms with Gasteiger partial charge in [0.2, 0.25) is 0 Å². The molecule has 0 heterocycles. The van der Waals surface area contributed by atoms with Crippen molar-refractivity contribution in [1.82, 2.24) is 0 Å². The summed E-state index contributed by atoms with van der Waals surface area (Å²) in [6.45, 7) is 1.84. The van der Waals surface area contributed by atoms with Crippen LogP contribution in [-0.2, 0) is 19.6 Å². The number of aryl methyl sites for hydroxylation is 1. The third kappa shape index (κ3) is 7.50. The zero-order valence-corrected chi connectivity index (χ0v) is 21.8. The molecular weight excluding hydrogens is 564 g/mol. The van der Waals surface area contributed by atoms with E-state index in [0.29, 0.717) is 17.4 Å². The van der Waals surface area contributed by atoms with Crippen LogP contribution in [-0.4, -0.2) is 52.7 Å². The van der Waals surface area contributed by atoms with Crippen LogP contribution < -0.4 is 4.18 Å². The molecule has 212 valence electrons. The summed E-state index contributed by atoms with van der Waals surface area (Å²) in [4.78, 5) is 44.5. The summed E-state index contributed by atoms with van der Waals surface area (Å²) in [7, 11) is -3.58. The second-order valence-corrected chi connectivity index (χ2v) is 9.28. The first kappa shape index (κ1) is 31.6. The molecule has 3 aromatic carbocycles. The summed E-state index contributed by atoms with van der Waals surface area (Å²) < 4.78 is 84.7. The quantitative estimate of drug-likeness (QED) is 0.125. The van der Waals surface area contributed by atoms with Crippen LogP contribution in [0.25, 0.3) is 11.1 Å². The van der Waals surface area contributed by atoms with Gasteiger partial charge in [-0.15, -0.1) is 0 Å². The van der Waals surface area contributed by atoms with Gasteiger partial charge in [0.15, 0.2) is 18.3 Å². The van der Waals surface area contributed by atoms with E-state index in [1.54, 1.807) is 18.2 Å². The number of methoxy groups -OCH3 is 2. The minimum absolute atomic E-state index is 0.0493. The predicted octanol–water partition coefficient (Wildman–Crippen LogP) is 4.91. The van der Waals surface area contributed by atoms with E-state index >= 15 is 0 Å². The van der Waals surface area contributed by atoms with E-state index in [2.05, 4.69) is 13.7 Å². The Morgan fingerprint density at radius 1 is 0.775 bits per heavy atom. The Kier molecular flexibility index (Phi) is 10.3. The fraction of sp³-hybridized carbons (Fsp3) is 0.154. The monoisotopic (exact) mass is 584 g/mol. The van der Waals surface area contributed by atoms with Crippen molar-refractivity contribution in [3.63, 3.8) is 0 Å². The van der Waals surface area contributed by atoms with E-state index in [-0.39, 0.29) is 23.0 Å². The number of aldehydes is 2. The van der Waals surface area contributed by atoms with Crippen LogP contribution in [0.5, 0.6) is 5.75 Å². The number of halogens is 4. The standard InChI is InChI=1S/C16H13FO3.C10H7F3O6S/c1-10-3-6-15(17)14(7-10)13-5-4-11(16(19)20-2)8-12(13)9-18;1-18-9(15)6-2-3-8(7(4-6)5-14)19-20(16,17)10(11,12)13/h3-9H,1-2H3;2-5H,1H3. The normalized spacial score (nSPS) is 11.0. The molecule has 0 saturated heterocycles. The van der Waals surface area contributed by atoms with Crippen LogP contribution in [0.2, 0.25) is 0 Å². The summed E-state index contributed by atoms with van der Waals surface area (Å²) in [6.07, 6.45) is 0.650. The number of carbonyl (C=O) groups excluding carboxylic acids is 4. The van der Waals surface area contributed by atoms with Crippen LogP contribution in [0.1, 0.15) is 47.0 Å². The molecule has 0 atom stereocenters. The number of rotatable bonds is 7. The van der Waals surface area contributed by atoms with Gasteiger partial charge < -0.3 is 13.7 Å². The highest BCUT2D eigenvalue weighted by Crippen LogP contribution is 2.29. The fourth-order valence-corrected chi connectivity index (χ4v) is 3.61. The van der Waals surface area contributed by atoms with Gasteiger partial charge >= 0.3 is 27.6 Å². The van der Waals surface area contributed by atoms with Crippen molar-refractivity contribution in [3.05, 3.63) is 88.2 Å². The number of ether oxygens (including phenoxy) is 2. The fourth-order valence-electron chi connectivity index (χ4n) is 3.12. The molecule has 0 aliphatic carbocycles.